The van der Waals surface area contributed by atoms with Gasteiger partial charge in [-0.3, -0.25) is 9.59 Å². The Labute approximate surface area is 94.8 Å². The third-order valence-corrected chi connectivity index (χ3v) is 3.20. The van der Waals surface area contributed by atoms with Gasteiger partial charge in [0.25, 0.3) is 5.91 Å². The Hall–Kier alpha value is 0.140. The van der Waals surface area contributed by atoms with Crippen molar-refractivity contribution in [1.29, 1.82) is 0 Å². The zero-order chi connectivity index (χ0) is 10.0. The summed E-state index contributed by atoms with van der Waals surface area (Å²) in [7, 11) is 3.40. The molecule has 2 amide bonds. The first-order chi connectivity index (χ1) is 6.06. The Morgan fingerprint density at radius 3 is 2.69 bits per heavy atom. The maximum atomic E-state index is 11.5. The molecule has 0 radical (unpaired) electrons. The van der Waals surface area contributed by atoms with Gasteiger partial charge in [-0.25, -0.2) is 10.4 Å². The third kappa shape index (κ3) is 2.55. The normalized spacial score (nSPS) is 23.4. The van der Waals surface area contributed by atoms with Gasteiger partial charge in [-0.15, -0.1) is 0 Å². The van der Waals surface area contributed by atoms with E-state index < -0.39 is 0 Å². The molecule has 1 aliphatic rings. The average Bonchev–Trinajstić information content (AvgIpc) is 2.26. The van der Waals surface area contributed by atoms with Crippen LogP contribution < -0.4 is 5.43 Å². The molecule has 1 atom stereocenters. The molecule has 0 saturated carbocycles. The summed E-state index contributed by atoms with van der Waals surface area (Å²) in [5.74, 6) is -0.329. The Kier molecular flexibility index (Phi) is 3.95. The molecule has 74 valence electrons. The van der Waals surface area contributed by atoms with Crippen molar-refractivity contribution in [2.24, 2.45) is 0 Å². The highest BCUT2D eigenvalue weighted by Gasteiger charge is 2.39. The van der Waals surface area contributed by atoms with E-state index in [0.29, 0.717) is 0 Å². The van der Waals surface area contributed by atoms with Crippen LogP contribution in [0.1, 0.15) is 6.42 Å². The van der Waals surface area contributed by atoms with Crippen molar-refractivity contribution < 1.29 is 9.59 Å². The number of imide groups is 1. The highest BCUT2D eigenvalue weighted by Crippen LogP contribution is 2.27. The standard InChI is InChI=1S/C6H10IN3O2S/c1-8-10-5(11)3-4(6(10)12)13-9(2)7/h4,8H,3H2,1-2H3. The zero-order valence-corrected chi connectivity index (χ0v) is 10.3. The van der Waals surface area contributed by atoms with E-state index >= 15 is 0 Å². The summed E-state index contributed by atoms with van der Waals surface area (Å²) in [4.78, 5) is 22.7. The largest absolute Gasteiger partial charge is 0.273 e. The lowest BCUT2D eigenvalue weighted by molar-refractivity contribution is -0.141. The van der Waals surface area contributed by atoms with Crippen LogP contribution in [-0.2, 0) is 9.59 Å². The van der Waals surface area contributed by atoms with Crippen molar-refractivity contribution in [1.82, 2.24) is 13.0 Å². The average molecular weight is 315 g/mol. The van der Waals surface area contributed by atoms with Crippen LogP contribution in [0.25, 0.3) is 0 Å². The molecule has 0 bridgehead atoms. The van der Waals surface area contributed by atoms with Crippen LogP contribution >= 0.6 is 34.8 Å². The summed E-state index contributed by atoms with van der Waals surface area (Å²) >= 11 is 3.42. The van der Waals surface area contributed by atoms with Crippen LogP contribution in [0, 0.1) is 0 Å². The lowest BCUT2D eigenvalue weighted by Gasteiger charge is -2.13. The van der Waals surface area contributed by atoms with Crippen molar-refractivity contribution in [3.8, 4) is 0 Å². The SMILES string of the molecule is CNN1C(=O)CC(SN(C)I)C1=O. The minimum Gasteiger partial charge on any atom is -0.273 e. The van der Waals surface area contributed by atoms with Gasteiger partial charge in [0.2, 0.25) is 5.91 Å². The van der Waals surface area contributed by atoms with Gasteiger partial charge in [0.15, 0.2) is 0 Å². The Morgan fingerprint density at radius 1 is 1.69 bits per heavy atom. The molecule has 1 heterocycles. The van der Waals surface area contributed by atoms with E-state index in [1.165, 1.54) is 11.9 Å². The second-order valence-electron chi connectivity index (χ2n) is 2.51. The monoisotopic (exact) mass is 315 g/mol. The van der Waals surface area contributed by atoms with E-state index in [2.05, 4.69) is 28.3 Å². The highest BCUT2D eigenvalue weighted by molar-refractivity contribution is 14.1. The lowest BCUT2D eigenvalue weighted by atomic mass is 10.4. The molecule has 1 saturated heterocycles. The fraction of sp³-hybridized carbons (Fsp3) is 0.667. The van der Waals surface area contributed by atoms with Crippen molar-refractivity contribution in [3.63, 3.8) is 0 Å². The van der Waals surface area contributed by atoms with E-state index in [1.807, 2.05) is 7.05 Å². The maximum Gasteiger partial charge on any atom is 0.258 e. The molecule has 1 unspecified atom stereocenters. The van der Waals surface area contributed by atoms with E-state index in [0.717, 1.165) is 5.01 Å². The van der Waals surface area contributed by atoms with E-state index in [1.54, 1.807) is 9.57 Å². The minimum atomic E-state index is -0.276. The summed E-state index contributed by atoms with van der Waals surface area (Å²) in [5.41, 5.74) is 2.57. The Morgan fingerprint density at radius 2 is 2.31 bits per heavy atom. The number of nitrogens with one attached hydrogen (secondary N) is 1. The van der Waals surface area contributed by atoms with Gasteiger partial charge < -0.3 is 0 Å². The maximum absolute atomic E-state index is 11.5. The Bertz CT molecular complexity index is 236. The van der Waals surface area contributed by atoms with E-state index in [9.17, 15) is 9.59 Å². The second kappa shape index (κ2) is 4.58. The van der Waals surface area contributed by atoms with Crippen LogP contribution in [0.5, 0.6) is 0 Å². The lowest BCUT2D eigenvalue weighted by Crippen LogP contribution is -2.40. The van der Waals surface area contributed by atoms with Crippen LogP contribution in [-0.4, -0.2) is 38.7 Å². The van der Waals surface area contributed by atoms with Gasteiger partial charge in [0.1, 0.15) is 5.25 Å². The van der Waals surface area contributed by atoms with Crippen molar-refractivity contribution in [3.05, 3.63) is 0 Å². The van der Waals surface area contributed by atoms with Crippen LogP contribution in [0.4, 0.5) is 0 Å². The number of hydrazine groups is 1. The van der Waals surface area contributed by atoms with Gasteiger partial charge in [-0.1, -0.05) is 11.9 Å². The molecule has 0 spiro atoms. The fourth-order valence-corrected chi connectivity index (χ4v) is 2.68. The van der Waals surface area contributed by atoms with E-state index in [4.69, 9.17) is 0 Å². The first-order valence-electron chi connectivity index (χ1n) is 3.66. The van der Waals surface area contributed by atoms with Gasteiger partial charge in [0, 0.05) is 37.0 Å². The fourth-order valence-electron chi connectivity index (χ4n) is 1.10. The number of amides is 2. The zero-order valence-electron chi connectivity index (χ0n) is 7.28. The third-order valence-electron chi connectivity index (χ3n) is 1.60. The number of hydrogen-bond acceptors (Lipinski definition) is 5. The van der Waals surface area contributed by atoms with Gasteiger partial charge in [0.05, 0.1) is 6.42 Å². The number of hydrogen-bond donors (Lipinski definition) is 1. The second-order valence-corrected chi connectivity index (χ2v) is 5.94. The molecular formula is C6H10IN3O2S. The van der Waals surface area contributed by atoms with Crippen molar-refractivity contribution >= 4 is 46.6 Å². The molecule has 5 nitrogen and oxygen atoms in total. The molecular weight excluding hydrogens is 305 g/mol. The molecule has 0 aromatic heterocycles. The molecule has 7 heteroatoms. The number of rotatable bonds is 3. The predicted octanol–water partition coefficient (Wildman–Crippen LogP) is 0.178. The number of carbonyl (C=O) groups excluding carboxylic acids is 2. The Balaban J connectivity index is 2.62. The van der Waals surface area contributed by atoms with Gasteiger partial charge >= 0.3 is 0 Å². The summed E-state index contributed by atoms with van der Waals surface area (Å²) in [6.07, 6.45) is 0.275. The molecule has 1 rings (SSSR count). The first kappa shape index (κ1) is 11.2. The number of halogens is 1. The predicted molar refractivity (Wildman–Crippen MR) is 58.7 cm³/mol. The number of nitrogens with zero attached hydrogens (tertiary/aromatic N) is 2. The summed E-state index contributed by atoms with van der Waals surface area (Å²) in [6, 6.07) is 0. The molecule has 1 aliphatic heterocycles. The summed E-state index contributed by atoms with van der Waals surface area (Å²) < 4.78 is 1.80. The molecule has 0 aromatic rings. The van der Waals surface area contributed by atoms with Crippen LogP contribution in [0.2, 0.25) is 0 Å². The highest BCUT2D eigenvalue weighted by atomic mass is 127. The molecule has 0 aliphatic carbocycles. The van der Waals surface area contributed by atoms with Crippen molar-refractivity contribution in [2.75, 3.05) is 14.1 Å². The quantitative estimate of drug-likeness (QED) is 0.348. The van der Waals surface area contributed by atoms with Crippen molar-refractivity contribution in [2.45, 2.75) is 11.7 Å². The molecule has 1 N–H and O–H groups in total. The molecule has 1 fully saturated rings. The topological polar surface area (TPSA) is 52.7 Å². The van der Waals surface area contributed by atoms with Crippen LogP contribution in [0.3, 0.4) is 0 Å². The smallest absolute Gasteiger partial charge is 0.258 e. The van der Waals surface area contributed by atoms with E-state index in [-0.39, 0.29) is 23.5 Å². The summed E-state index contributed by atoms with van der Waals surface area (Å²) in [6.45, 7) is 0. The van der Waals surface area contributed by atoms with Crippen LogP contribution in [0.15, 0.2) is 0 Å². The molecule has 0 aromatic carbocycles. The van der Waals surface area contributed by atoms with Gasteiger partial charge in [-0.05, 0) is 0 Å². The molecule has 13 heavy (non-hydrogen) atoms. The minimum absolute atomic E-state index is 0.164. The summed E-state index contributed by atoms with van der Waals surface area (Å²) in [5, 5.41) is 0.791. The number of carbonyl (C=O) groups is 2. The first-order valence-corrected chi connectivity index (χ1v) is 5.47. The van der Waals surface area contributed by atoms with Gasteiger partial charge in [-0.2, -0.15) is 2.52 Å².